The fraction of sp³-hybridized carbons (Fsp3) is 0.471. The summed E-state index contributed by atoms with van der Waals surface area (Å²) in [6.07, 6.45) is 7.16. The van der Waals surface area contributed by atoms with Crippen LogP contribution in [-0.2, 0) is 0 Å². The van der Waals surface area contributed by atoms with Gasteiger partial charge in [0.2, 0.25) is 0 Å². The lowest BCUT2D eigenvalue weighted by atomic mass is 10.0. The van der Waals surface area contributed by atoms with Crippen molar-refractivity contribution in [1.82, 2.24) is 10.3 Å². The molecule has 0 aliphatic carbocycles. The predicted molar refractivity (Wildman–Crippen MR) is 83.1 cm³/mol. The molecule has 3 nitrogen and oxygen atoms in total. The summed E-state index contributed by atoms with van der Waals surface area (Å²) in [4.78, 5) is 7.26. The molecule has 0 amide bonds. The summed E-state index contributed by atoms with van der Waals surface area (Å²) < 4.78 is 0. The van der Waals surface area contributed by atoms with E-state index >= 15 is 0 Å². The van der Waals surface area contributed by atoms with E-state index in [-0.39, 0.29) is 0 Å². The second kappa shape index (κ2) is 5.06. The Hall–Kier alpha value is -1.61. The molecule has 2 aliphatic rings. The van der Waals surface area contributed by atoms with Crippen LogP contribution in [0, 0.1) is 0 Å². The van der Waals surface area contributed by atoms with Crippen molar-refractivity contribution >= 4 is 16.6 Å². The summed E-state index contributed by atoms with van der Waals surface area (Å²) >= 11 is 0. The number of anilines is 1. The molecule has 1 N–H and O–H groups in total. The van der Waals surface area contributed by atoms with E-state index in [4.69, 9.17) is 4.98 Å². The highest BCUT2D eigenvalue weighted by Crippen LogP contribution is 2.32. The van der Waals surface area contributed by atoms with Crippen molar-refractivity contribution in [3.63, 3.8) is 0 Å². The third-order valence-electron chi connectivity index (χ3n) is 4.79. The maximum absolute atomic E-state index is 4.71. The Labute approximate surface area is 120 Å². The van der Waals surface area contributed by atoms with Crippen molar-refractivity contribution in [3.8, 4) is 0 Å². The number of nitrogens with one attached hydrogen (secondary N) is 1. The van der Waals surface area contributed by atoms with Gasteiger partial charge in [-0.2, -0.15) is 0 Å². The first-order valence-electron chi connectivity index (χ1n) is 7.77. The minimum Gasteiger partial charge on any atom is -0.352 e. The first-order valence-corrected chi connectivity index (χ1v) is 7.77. The first-order chi connectivity index (χ1) is 9.93. The van der Waals surface area contributed by atoms with E-state index in [0.29, 0.717) is 12.1 Å². The molecular formula is C17H21N3. The minimum atomic E-state index is 0.621. The van der Waals surface area contributed by atoms with E-state index in [2.05, 4.69) is 40.5 Å². The number of rotatable bonds is 2. The van der Waals surface area contributed by atoms with Gasteiger partial charge < -0.3 is 10.2 Å². The standard InChI is InChI=1S/C17H21N3/c1-2-6-14-13(5-1)9-11-19-17(14)20-12-4-8-16(20)15-7-3-10-18-15/h1-2,5-6,9,11,15-16,18H,3-4,7-8,10,12H2. The number of pyridine rings is 1. The average Bonchev–Trinajstić information content (AvgIpc) is 3.17. The Bertz CT molecular complexity index is 599. The van der Waals surface area contributed by atoms with Crippen LogP contribution in [0.15, 0.2) is 36.5 Å². The minimum absolute atomic E-state index is 0.621. The molecule has 1 aromatic carbocycles. The molecule has 4 rings (SSSR count). The lowest BCUT2D eigenvalue weighted by Gasteiger charge is -2.31. The lowest BCUT2D eigenvalue weighted by molar-refractivity contribution is 0.481. The highest BCUT2D eigenvalue weighted by molar-refractivity contribution is 5.92. The van der Waals surface area contributed by atoms with Crippen LogP contribution in [0.25, 0.3) is 10.8 Å². The van der Waals surface area contributed by atoms with Crippen molar-refractivity contribution in [3.05, 3.63) is 36.5 Å². The van der Waals surface area contributed by atoms with Gasteiger partial charge in [-0.25, -0.2) is 4.98 Å². The fourth-order valence-electron chi connectivity index (χ4n) is 3.85. The van der Waals surface area contributed by atoms with Gasteiger partial charge in [0.25, 0.3) is 0 Å². The van der Waals surface area contributed by atoms with Gasteiger partial charge >= 0.3 is 0 Å². The number of aromatic nitrogens is 1. The van der Waals surface area contributed by atoms with Gasteiger partial charge in [-0.1, -0.05) is 24.3 Å². The van der Waals surface area contributed by atoms with Crippen LogP contribution in [0.4, 0.5) is 5.82 Å². The van der Waals surface area contributed by atoms with Gasteiger partial charge in [-0.05, 0) is 43.7 Å². The highest BCUT2D eigenvalue weighted by Gasteiger charge is 2.34. The molecule has 0 saturated carbocycles. The lowest BCUT2D eigenvalue weighted by Crippen LogP contribution is -2.44. The Balaban J connectivity index is 1.74. The van der Waals surface area contributed by atoms with Crippen molar-refractivity contribution < 1.29 is 0 Å². The maximum atomic E-state index is 4.71. The van der Waals surface area contributed by atoms with Crippen LogP contribution in [0.3, 0.4) is 0 Å². The summed E-state index contributed by atoms with van der Waals surface area (Å²) in [6, 6.07) is 12.0. The van der Waals surface area contributed by atoms with Gasteiger partial charge in [-0.3, -0.25) is 0 Å². The molecule has 0 radical (unpaired) electrons. The van der Waals surface area contributed by atoms with Gasteiger partial charge in [0.1, 0.15) is 5.82 Å². The Morgan fingerprint density at radius 2 is 2.05 bits per heavy atom. The fourth-order valence-corrected chi connectivity index (χ4v) is 3.85. The molecule has 0 bridgehead atoms. The van der Waals surface area contributed by atoms with Crippen LogP contribution >= 0.6 is 0 Å². The van der Waals surface area contributed by atoms with Gasteiger partial charge in [0.05, 0.1) is 0 Å². The first kappa shape index (κ1) is 12.2. The number of benzene rings is 1. The molecule has 3 heterocycles. The summed E-state index contributed by atoms with van der Waals surface area (Å²) in [6.45, 7) is 2.32. The van der Waals surface area contributed by atoms with Crippen LogP contribution < -0.4 is 10.2 Å². The Morgan fingerprint density at radius 3 is 2.95 bits per heavy atom. The highest BCUT2D eigenvalue weighted by atomic mass is 15.3. The second-order valence-electron chi connectivity index (χ2n) is 5.96. The monoisotopic (exact) mass is 267 g/mol. The van der Waals surface area contributed by atoms with Crippen molar-refractivity contribution in [2.24, 2.45) is 0 Å². The smallest absolute Gasteiger partial charge is 0.136 e. The Morgan fingerprint density at radius 1 is 1.10 bits per heavy atom. The van der Waals surface area contributed by atoms with Gasteiger partial charge in [0, 0.05) is 30.2 Å². The predicted octanol–water partition coefficient (Wildman–Crippen LogP) is 2.96. The van der Waals surface area contributed by atoms with Gasteiger partial charge in [0.15, 0.2) is 0 Å². The number of nitrogens with zero attached hydrogens (tertiary/aromatic N) is 2. The number of fused-ring (bicyclic) bond motifs is 1. The third kappa shape index (κ3) is 1.97. The van der Waals surface area contributed by atoms with Crippen LogP contribution in [0.5, 0.6) is 0 Å². The SMILES string of the molecule is c1ccc2c(N3CCCC3C3CCCN3)nccc2c1. The van der Waals surface area contributed by atoms with E-state index in [1.165, 1.54) is 48.8 Å². The summed E-state index contributed by atoms with van der Waals surface area (Å²) in [5, 5.41) is 6.26. The second-order valence-corrected chi connectivity index (χ2v) is 5.96. The molecule has 2 atom stereocenters. The Kier molecular flexibility index (Phi) is 3.07. The van der Waals surface area contributed by atoms with Crippen LogP contribution in [0.2, 0.25) is 0 Å². The van der Waals surface area contributed by atoms with E-state index in [1.54, 1.807) is 0 Å². The molecule has 2 aliphatic heterocycles. The molecule has 20 heavy (non-hydrogen) atoms. The largest absolute Gasteiger partial charge is 0.352 e. The number of hydrogen-bond acceptors (Lipinski definition) is 3. The molecular weight excluding hydrogens is 246 g/mol. The van der Waals surface area contributed by atoms with Crippen molar-refractivity contribution in [2.45, 2.75) is 37.8 Å². The van der Waals surface area contributed by atoms with Crippen LogP contribution in [-0.4, -0.2) is 30.2 Å². The molecule has 1 aromatic heterocycles. The summed E-state index contributed by atoms with van der Waals surface area (Å²) in [5.41, 5.74) is 0. The molecule has 2 fully saturated rings. The van der Waals surface area contributed by atoms with E-state index in [9.17, 15) is 0 Å². The molecule has 2 unspecified atom stereocenters. The van der Waals surface area contributed by atoms with Crippen molar-refractivity contribution in [1.29, 1.82) is 0 Å². The third-order valence-corrected chi connectivity index (χ3v) is 4.79. The van der Waals surface area contributed by atoms with Crippen LogP contribution in [0.1, 0.15) is 25.7 Å². The summed E-state index contributed by atoms with van der Waals surface area (Å²) in [5.74, 6) is 1.18. The van der Waals surface area contributed by atoms with E-state index in [1.807, 2.05) is 6.20 Å². The molecule has 104 valence electrons. The number of hydrogen-bond donors (Lipinski definition) is 1. The summed E-state index contributed by atoms with van der Waals surface area (Å²) in [7, 11) is 0. The molecule has 2 aromatic rings. The normalized spacial score (nSPS) is 26.5. The zero-order valence-electron chi connectivity index (χ0n) is 11.8. The molecule has 2 saturated heterocycles. The maximum Gasteiger partial charge on any atom is 0.136 e. The quantitative estimate of drug-likeness (QED) is 0.906. The van der Waals surface area contributed by atoms with Gasteiger partial charge in [-0.15, -0.1) is 0 Å². The van der Waals surface area contributed by atoms with Crippen molar-refractivity contribution in [2.75, 3.05) is 18.0 Å². The average molecular weight is 267 g/mol. The topological polar surface area (TPSA) is 28.2 Å². The van der Waals surface area contributed by atoms with E-state index < -0.39 is 0 Å². The van der Waals surface area contributed by atoms with E-state index in [0.717, 1.165) is 6.54 Å². The molecule has 0 spiro atoms. The molecule has 3 heteroatoms. The zero-order chi connectivity index (χ0) is 13.4. The zero-order valence-corrected chi connectivity index (χ0v) is 11.8.